The molecule has 1 saturated carbocycles. The smallest absolute Gasteiger partial charge is 0.271 e. The maximum Gasteiger partial charge on any atom is 0.271 e. The highest BCUT2D eigenvalue weighted by molar-refractivity contribution is 5.94. The Kier molecular flexibility index (Phi) is 2.80. The van der Waals surface area contributed by atoms with Crippen LogP contribution in [-0.2, 0) is 0 Å². The van der Waals surface area contributed by atoms with Gasteiger partial charge in [0.25, 0.3) is 5.91 Å². The second kappa shape index (κ2) is 4.90. The number of likely N-dealkylation sites (tertiary alicyclic amines) is 1. The second-order valence-electron chi connectivity index (χ2n) is 6.93. The number of benzene rings is 1. The average molecular weight is 318 g/mol. The van der Waals surface area contributed by atoms with Crippen LogP contribution < -0.4 is 0 Å². The van der Waals surface area contributed by atoms with Gasteiger partial charge < -0.3 is 4.90 Å². The molecule has 3 aromatic rings. The first-order valence-corrected chi connectivity index (χ1v) is 8.43. The highest BCUT2D eigenvalue weighted by Gasteiger charge is 2.58. The van der Waals surface area contributed by atoms with E-state index in [4.69, 9.17) is 0 Å². The number of fused-ring (bicyclic) bond motifs is 1. The number of carbonyl (C=O) groups is 1. The Labute approximate surface area is 139 Å². The third-order valence-electron chi connectivity index (χ3n) is 5.65. The molecule has 1 aliphatic carbocycles. The standard InChI is InChI=1S/C19H18N4O/c24-18(15-8-4-9-16-21-20-13-23(15)16)22-12-19(10-5-11-19)17(22)14-6-2-1-3-7-14/h1-4,6-9,13,17H,5,10-12H2. The molecule has 1 atom stereocenters. The normalized spacial score (nSPS) is 21.5. The van der Waals surface area contributed by atoms with Gasteiger partial charge >= 0.3 is 0 Å². The van der Waals surface area contributed by atoms with Gasteiger partial charge in [-0.2, -0.15) is 0 Å². The maximum atomic E-state index is 13.2. The minimum absolute atomic E-state index is 0.0618. The van der Waals surface area contributed by atoms with Crippen molar-refractivity contribution in [3.8, 4) is 0 Å². The summed E-state index contributed by atoms with van der Waals surface area (Å²) >= 11 is 0. The summed E-state index contributed by atoms with van der Waals surface area (Å²) in [5, 5.41) is 7.96. The van der Waals surface area contributed by atoms with E-state index in [-0.39, 0.29) is 17.4 Å². The molecule has 2 aromatic heterocycles. The van der Waals surface area contributed by atoms with E-state index in [0.29, 0.717) is 11.3 Å². The highest BCUT2D eigenvalue weighted by atomic mass is 16.2. The minimum Gasteiger partial charge on any atom is -0.329 e. The van der Waals surface area contributed by atoms with Gasteiger partial charge in [-0.15, -0.1) is 10.2 Å². The number of rotatable bonds is 2. The van der Waals surface area contributed by atoms with Crippen LogP contribution in [0.15, 0.2) is 54.9 Å². The fourth-order valence-electron chi connectivity index (χ4n) is 4.33. The van der Waals surface area contributed by atoms with Crippen LogP contribution in [0.4, 0.5) is 0 Å². The number of carbonyl (C=O) groups excluding carboxylic acids is 1. The molecule has 1 unspecified atom stereocenters. The molecule has 0 N–H and O–H groups in total. The molecule has 5 heteroatoms. The predicted octanol–water partition coefficient (Wildman–Crippen LogP) is 3.10. The van der Waals surface area contributed by atoms with Crippen molar-refractivity contribution >= 4 is 11.6 Å². The lowest BCUT2D eigenvalue weighted by Gasteiger charge is -2.62. The van der Waals surface area contributed by atoms with Crippen LogP contribution in [0.5, 0.6) is 0 Å². The van der Waals surface area contributed by atoms with Crippen LogP contribution in [-0.4, -0.2) is 31.9 Å². The summed E-state index contributed by atoms with van der Waals surface area (Å²) in [4.78, 5) is 15.2. The van der Waals surface area contributed by atoms with Crippen molar-refractivity contribution in [2.75, 3.05) is 6.54 Å². The molecule has 3 heterocycles. The van der Waals surface area contributed by atoms with Gasteiger partial charge in [0, 0.05) is 12.0 Å². The molecular formula is C19H18N4O. The van der Waals surface area contributed by atoms with Crippen molar-refractivity contribution in [2.24, 2.45) is 5.41 Å². The van der Waals surface area contributed by atoms with E-state index in [1.54, 1.807) is 10.7 Å². The summed E-state index contributed by atoms with van der Waals surface area (Å²) in [5.74, 6) is 0.0618. The Balaban J connectivity index is 1.54. The van der Waals surface area contributed by atoms with Gasteiger partial charge in [0.15, 0.2) is 5.65 Å². The molecule has 5 nitrogen and oxygen atoms in total. The van der Waals surface area contributed by atoms with Crippen molar-refractivity contribution in [3.63, 3.8) is 0 Å². The zero-order valence-electron chi connectivity index (χ0n) is 13.3. The summed E-state index contributed by atoms with van der Waals surface area (Å²) in [5.41, 5.74) is 2.87. The largest absolute Gasteiger partial charge is 0.329 e. The fourth-order valence-corrected chi connectivity index (χ4v) is 4.33. The monoisotopic (exact) mass is 318 g/mol. The highest BCUT2D eigenvalue weighted by Crippen LogP contribution is 2.60. The first kappa shape index (κ1) is 13.7. The number of hydrogen-bond donors (Lipinski definition) is 0. The van der Waals surface area contributed by atoms with Crippen molar-refractivity contribution < 1.29 is 4.79 Å². The Morgan fingerprint density at radius 1 is 1.08 bits per heavy atom. The van der Waals surface area contributed by atoms with E-state index in [1.165, 1.54) is 24.8 Å². The number of pyridine rings is 1. The number of nitrogens with zero attached hydrogens (tertiary/aromatic N) is 4. The van der Waals surface area contributed by atoms with Gasteiger partial charge in [-0.25, -0.2) is 0 Å². The van der Waals surface area contributed by atoms with E-state index in [1.807, 2.05) is 29.2 Å². The predicted molar refractivity (Wildman–Crippen MR) is 89.5 cm³/mol. The Morgan fingerprint density at radius 3 is 2.67 bits per heavy atom. The molecule has 2 aliphatic rings. The van der Waals surface area contributed by atoms with Crippen molar-refractivity contribution in [2.45, 2.75) is 25.3 Å². The third kappa shape index (κ3) is 1.78. The van der Waals surface area contributed by atoms with Crippen LogP contribution in [0.25, 0.3) is 5.65 Å². The second-order valence-corrected chi connectivity index (χ2v) is 6.93. The Hall–Kier alpha value is -2.69. The first-order chi connectivity index (χ1) is 11.8. The van der Waals surface area contributed by atoms with Crippen molar-refractivity contribution in [1.29, 1.82) is 0 Å². The number of amides is 1. The average Bonchev–Trinajstić information content (AvgIpc) is 3.02. The molecule has 1 amide bonds. The Bertz CT molecular complexity index is 913. The van der Waals surface area contributed by atoms with Gasteiger partial charge in [-0.3, -0.25) is 9.20 Å². The van der Waals surface area contributed by atoms with Gasteiger partial charge in [0.05, 0.1) is 6.04 Å². The summed E-state index contributed by atoms with van der Waals surface area (Å²) in [7, 11) is 0. The van der Waals surface area contributed by atoms with E-state index < -0.39 is 0 Å². The summed E-state index contributed by atoms with van der Waals surface area (Å²) < 4.78 is 1.77. The Morgan fingerprint density at radius 2 is 1.92 bits per heavy atom. The fraction of sp³-hybridized carbons (Fsp3) is 0.316. The molecule has 1 saturated heterocycles. The quantitative estimate of drug-likeness (QED) is 0.729. The lowest BCUT2D eigenvalue weighted by Crippen LogP contribution is -2.63. The summed E-state index contributed by atoms with van der Waals surface area (Å²) in [6.07, 6.45) is 5.31. The molecule has 1 spiro atoms. The molecule has 2 fully saturated rings. The number of hydrogen-bond acceptors (Lipinski definition) is 3. The molecule has 24 heavy (non-hydrogen) atoms. The maximum absolute atomic E-state index is 13.2. The van der Waals surface area contributed by atoms with Crippen LogP contribution in [0.2, 0.25) is 0 Å². The third-order valence-corrected chi connectivity index (χ3v) is 5.65. The van der Waals surface area contributed by atoms with Crippen LogP contribution in [0.1, 0.15) is 41.4 Å². The molecule has 1 aliphatic heterocycles. The van der Waals surface area contributed by atoms with Crippen molar-refractivity contribution in [3.05, 3.63) is 66.1 Å². The van der Waals surface area contributed by atoms with Crippen LogP contribution in [0, 0.1) is 5.41 Å². The zero-order chi connectivity index (χ0) is 16.1. The van der Waals surface area contributed by atoms with E-state index in [9.17, 15) is 4.79 Å². The van der Waals surface area contributed by atoms with Gasteiger partial charge in [0.2, 0.25) is 0 Å². The van der Waals surface area contributed by atoms with Gasteiger partial charge in [-0.05, 0) is 30.5 Å². The SMILES string of the molecule is O=C(c1cccc2nncn12)N1CC2(CCC2)C1c1ccccc1. The van der Waals surface area contributed by atoms with E-state index >= 15 is 0 Å². The molecule has 0 radical (unpaired) electrons. The van der Waals surface area contributed by atoms with E-state index in [2.05, 4.69) is 34.5 Å². The lowest BCUT2D eigenvalue weighted by atomic mass is 9.56. The minimum atomic E-state index is 0.0618. The summed E-state index contributed by atoms with van der Waals surface area (Å²) in [6.45, 7) is 0.851. The van der Waals surface area contributed by atoms with E-state index in [0.717, 1.165) is 6.54 Å². The molecular weight excluding hydrogens is 300 g/mol. The first-order valence-electron chi connectivity index (χ1n) is 8.43. The zero-order valence-corrected chi connectivity index (χ0v) is 13.3. The van der Waals surface area contributed by atoms with Gasteiger partial charge in [-0.1, -0.05) is 42.8 Å². The molecule has 5 rings (SSSR count). The number of aromatic nitrogens is 3. The molecule has 1 aromatic carbocycles. The molecule has 120 valence electrons. The van der Waals surface area contributed by atoms with Crippen LogP contribution in [0.3, 0.4) is 0 Å². The topological polar surface area (TPSA) is 50.5 Å². The van der Waals surface area contributed by atoms with Gasteiger partial charge in [0.1, 0.15) is 12.0 Å². The molecule has 0 bridgehead atoms. The lowest BCUT2D eigenvalue weighted by molar-refractivity contribution is -0.105. The summed E-state index contributed by atoms with van der Waals surface area (Å²) in [6, 6.07) is 16.2. The van der Waals surface area contributed by atoms with Crippen LogP contribution >= 0.6 is 0 Å². The van der Waals surface area contributed by atoms with Crippen molar-refractivity contribution in [1.82, 2.24) is 19.5 Å².